The van der Waals surface area contributed by atoms with E-state index in [1.54, 1.807) is 0 Å². The summed E-state index contributed by atoms with van der Waals surface area (Å²) in [5, 5.41) is 3.44. The normalized spacial score (nSPS) is 29.8. The van der Waals surface area contributed by atoms with Crippen molar-refractivity contribution < 1.29 is 4.79 Å². The van der Waals surface area contributed by atoms with Gasteiger partial charge in [-0.3, -0.25) is 10.1 Å². The standard InChI is InChI=1S/C15H28N2O/c1-11(2)10-14-16-12(3)15(18)17(14)9-8-13-6-4-5-7-13/h11-14,16H,4-10H2,1-3H3. The second-order valence-electron chi connectivity index (χ2n) is 6.50. The minimum atomic E-state index is 0.0114. The molecule has 104 valence electrons. The summed E-state index contributed by atoms with van der Waals surface area (Å²) in [7, 11) is 0. The average Bonchev–Trinajstić information content (AvgIpc) is 2.88. The SMILES string of the molecule is CC(C)CC1NC(C)C(=O)N1CCC1CCCC1. The highest BCUT2D eigenvalue weighted by molar-refractivity contribution is 5.83. The number of carbonyl (C=O) groups excluding carboxylic acids is 1. The lowest BCUT2D eigenvalue weighted by atomic mass is 10.0. The van der Waals surface area contributed by atoms with Crippen LogP contribution in [0.5, 0.6) is 0 Å². The fourth-order valence-electron chi connectivity index (χ4n) is 3.38. The third-order valence-electron chi connectivity index (χ3n) is 4.42. The maximum absolute atomic E-state index is 12.2. The van der Waals surface area contributed by atoms with Gasteiger partial charge in [0.15, 0.2) is 0 Å². The number of hydrogen-bond acceptors (Lipinski definition) is 2. The van der Waals surface area contributed by atoms with Gasteiger partial charge in [-0.05, 0) is 31.6 Å². The van der Waals surface area contributed by atoms with Crippen molar-refractivity contribution in [1.29, 1.82) is 0 Å². The molecular formula is C15H28N2O. The number of nitrogens with zero attached hydrogens (tertiary/aromatic N) is 1. The molecule has 0 spiro atoms. The summed E-state index contributed by atoms with van der Waals surface area (Å²) in [6.45, 7) is 7.40. The van der Waals surface area contributed by atoms with E-state index < -0.39 is 0 Å². The molecule has 0 bridgehead atoms. The lowest BCUT2D eigenvalue weighted by Crippen LogP contribution is -2.39. The van der Waals surface area contributed by atoms with Crippen molar-refractivity contribution in [3.8, 4) is 0 Å². The quantitative estimate of drug-likeness (QED) is 0.816. The molecule has 3 nitrogen and oxygen atoms in total. The van der Waals surface area contributed by atoms with Gasteiger partial charge in [0.25, 0.3) is 0 Å². The molecular weight excluding hydrogens is 224 g/mol. The molecule has 0 aromatic rings. The van der Waals surface area contributed by atoms with E-state index in [0.29, 0.717) is 11.8 Å². The van der Waals surface area contributed by atoms with Crippen molar-refractivity contribution >= 4 is 5.91 Å². The molecule has 0 aromatic heterocycles. The molecule has 1 aliphatic heterocycles. The molecule has 2 fully saturated rings. The largest absolute Gasteiger partial charge is 0.326 e. The zero-order chi connectivity index (χ0) is 13.1. The van der Waals surface area contributed by atoms with Gasteiger partial charge >= 0.3 is 0 Å². The van der Waals surface area contributed by atoms with Crippen LogP contribution in [0.4, 0.5) is 0 Å². The maximum atomic E-state index is 12.2. The van der Waals surface area contributed by atoms with Crippen LogP contribution in [0, 0.1) is 11.8 Å². The smallest absolute Gasteiger partial charge is 0.240 e. The topological polar surface area (TPSA) is 32.3 Å². The van der Waals surface area contributed by atoms with E-state index in [4.69, 9.17) is 0 Å². The van der Waals surface area contributed by atoms with Gasteiger partial charge in [-0.15, -0.1) is 0 Å². The van der Waals surface area contributed by atoms with Crippen molar-refractivity contribution in [2.45, 2.75) is 71.5 Å². The molecule has 18 heavy (non-hydrogen) atoms. The van der Waals surface area contributed by atoms with Crippen LogP contribution in [0.15, 0.2) is 0 Å². The molecule has 1 aliphatic carbocycles. The Labute approximate surface area is 111 Å². The first-order valence-corrected chi connectivity index (χ1v) is 7.64. The van der Waals surface area contributed by atoms with Crippen LogP contribution in [-0.4, -0.2) is 29.6 Å². The van der Waals surface area contributed by atoms with Crippen LogP contribution in [-0.2, 0) is 4.79 Å². The van der Waals surface area contributed by atoms with Crippen LogP contribution >= 0.6 is 0 Å². The van der Waals surface area contributed by atoms with Gasteiger partial charge in [0.05, 0.1) is 12.2 Å². The van der Waals surface area contributed by atoms with Gasteiger partial charge in [0, 0.05) is 6.54 Å². The molecule has 2 aliphatic rings. The molecule has 1 heterocycles. The summed E-state index contributed by atoms with van der Waals surface area (Å²) in [5.41, 5.74) is 0. The van der Waals surface area contributed by atoms with Crippen molar-refractivity contribution in [2.24, 2.45) is 11.8 Å². The van der Waals surface area contributed by atoms with E-state index >= 15 is 0 Å². The van der Waals surface area contributed by atoms with Gasteiger partial charge < -0.3 is 4.90 Å². The summed E-state index contributed by atoms with van der Waals surface area (Å²) < 4.78 is 0. The first-order chi connectivity index (χ1) is 8.58. The molecule has 2 rings (SSSR count). The minimum Gasteiger partial charge on any atom is -0.326 e. The fraction of sp³-hybridized carbons (Fsp3) is 0.933. The predicted molar refractivity (Wildman–Crippen MR) is 74.1 cm³/mol. The molecule has 1 saturated heterocycles. The van der Waals surface area contributed by atoms with Crippen LogP contribution in [0.1, 0.15) is 59.3 Å². The summed E-state index contributed by atoms with van der Waals surface area (Å²) in [6.07, 6.45) is 8.08. The second kappa shape index (κ2) is 6.05. The Morgan fingerprint density at radius 2 is 2.00 bits per heavy atom. The van der Waals surface area contributed by atoms with E-state index in [1.165, 1.54) is 32.1 Å². The number of hydrogen-bond donors (Lipinski definition) is 1. The van der Waals surface area contributed by atoms with E-state index in [1.807, 2.05) is 6.92 Å². The van der Waals surface area contributed by atoms with E-state index in [2.05, 4.69) is 24.1 Å². The number of amides is 1. The third kappa shape index (κ3) is 3.25. The van der Waals surface area contributed by atoms with Gasteiger partial charge in [-0.1, -0.05) is 39.5 Å². The lowest BCUT2D eigenvalue weighted by Gasteiger charge is -2.26. The van der Waals surface area contributed by atoms with E-state index in [-0.39, 0.29) is 12.2 Å². The number of carbonyl (C=O) groups is 1. The Morgan fingerprint density at radius 3 is 2.61 bits per heavy atom. The molecule has 3 heteroatoms. The second-order valence-corrected chi connectivity index (χ2v) is 6.50. The molecule has 0 aromatic carbocycles. The highest BCUT2D eigenvalue weighted by Gasteiger charge is 2.36. The Hall–Kier alpha value is -0.570. The zero-order valence-electron chi connectivity index (χ0n) is 12.1. The Kier molecular flexibility index (Phi) is 4.66. The van der Waals surface area contributed by atoms with Crippen molar-refractivity contribution in [3.05, 3.63) is 0 Å². The molecule has 1 N–H and O–H groups in total. The Bertz CT molecular complexity index is 284. The van der Waals surface area contributed by atoms with Crippen LogP contribution < -0.4 is 5.32 Å². The van der Waals surface area contributed by atoms with Crippen molar-refractivity contribution in [2.75, 3.05) is 6.54 Å². The molecule has 2 atom stereocenters. The van der Waals surface area contributed by atoms with Crippen molar-refractivity contribution in [1.82, 2.24) is 10.2 Å². The van der Waals surface area contributed by atoms with Gasteiger partial charge in [-0.25, -0.2) is 0 Å². The first kappa shape index (κ1) is 13.9. The van der Waals surface area contributed by atoms with Gasteiger partial charge in [0.2, 0.25) is 5.91 Å². The monoisotopic (exact) mass is 252 g/mol. The average molecular weight is 252 g/mol. The summed E-state index contributed by atoms with van der Waals surface area (Å²) in [6, 6.07) is 0.0114. The Morgan fingerprint density at radius 1 is 1.33 bits per heavy atom. The summed E-state index contributed by atoms with van der Waals surface area (Å²) in [4.78, 5) is 14.3. The predicted octanol–water partition coefficient (Wildman–Crippen LogP) is 2.76. The van der Waals surface area contributed by atoms with Gasteiger partial charge in [-0.2, -0.15) is 0 Å². The number of nitrogens with one attached hydrogen (secondary N) is 1. The van der Waals surface area contributed by atoms with Crippen LogP contribution in [0.2, 0.25) is 0 Å². The summed E-state index contributed by atoms with van der Waals surface area (Å²) >= 11 is 0. The summed E-state index contributed by atoms with van der Waals surface area (Å²) in [5.74, 6) is 1.81. The van der Waals surface area contributed by atoms with E-state index in [9.17, 15) is 4.79 Å². The highest BCUT2D eigenvalue weighted by Crippen LogP contribution is 2.28. The van der Waals surface area contributed by atoms with Gasteiger partial charge in [0.1, 0.15) is 0 Å². The Balaban J connectivity index is 1.87. The first-order valence-electron chi connectivity index (χ1n) is 7.64. The van der Waals surface area contributed by atoms with Crippen LogP contribution in [0.25, 0.3) is 0 Å². The zero-order valence-corrected chi connectivity index (χ0v) is 12.1. The van der Waals surface area contributed by atoms with Crippen molar-refractivity contribution in [3.63, 3.8) is 0 Å². The third-order valence-corrected chi connectivity index (χ3v) is 4.42. The van der Waals surface area contributed by atoms with E-state index in [0.717, 1.165) is 18.9 Å². The molecule has 1 saturated carbocycles. The minimum absolute atomic E-state index is 0.0114. The maximum Gasteiger partial charge on any atom is 0.240 e. The molecule has 0 radical (unpaired) electrons. The highest BCUT2D eigenvalue weighted by atomic mass is 16.2. The molecule has 1 amide bonds. The fourth-order valence-corrected chi connectivity index (χ4v) is 3.38. The molecule has 2 unspecified atom stereocenters. The lowest BCUT2D eigenvalue weighted by molar-refractivity contribution is -0.130. The van der Waals surface area contributed by atoms with Crippen LogP contribution in [0.3, 0.4) is 0 Å². The number of rotatable bonds is 5.